The maximum Gasteiger partial charge on any atom is 0.120 e. The lowest BCUT2D eigenvalue weighted by molar-refractivity contribution is 0.228. The van der Waals surface area contributed by atoms with Crippen LogP contribution in [0.5, 0.6) is 5.75 Å². The van der Waals surface area contributed by atoms with E-state index in [0.29, 0.717) is 5.92 Å². The molecular formula is C31H51ClO. The van der Waals surface area contributed by atoms with Crippen molar-refractivity contribution in [2.24, 2.45) is 17.8 Å². The van der Waals surface area contributed by atoms with Crippen molar-refractivity contribution in [1.82, 2.24) is 0 Å². The summed E-state index contributed by atoms with van der Waals surface area (Å²) < 4.78 is 6.09. The average molecular weight is 475 g/mol. The predicted octanol–water partition coefficient (Wildman–Crippen LogP) is 10.7. The molecule has 1 aromatic rings. The highest BCUT2D eigenvalue weighted by Crippen LogP contribution is 2.41. The number of hydrogen-bond acceptors (Lipinski definition) is 1. The van der Waals surface area contributed by atoms with Gasteiger partial charge in [-0.1, -0.05) is 109 Å². The van der Waals surface area contributed by atoms with Gasteiger partial charge in [-0.15, -0.1) is 0 Å². The van der Waals surface area contributed by atoms with Crippen LogP contribution in [-0.4, -0.2) is 6.61 Å². The first-order valence-corrected chi connectivity index (χ1v) is 15.0. The van der Waals surface area contributed by atoms with E-state index in [1.54, 1.807) is 0 Å². The highest BCUT2D eigenvalue weighted by molar-refractivity contribution is 6.31. The number of hydrogen-bond donors (Lipinski definition) is 0. The molecule has 0 aromatic heterocycles. The second-order valence-electron chi connectivity index (χ2n) is 11.3. The lowest BCUT2D eigenvalue weighted by Gasteiger charge is -2.29. The van der Waals surface area contributed by atoms with Crippen molar-refractivity contribution in [2.45, 2.75) is 135 Å². The number of rotatable bonds is 14. The summed E-state index contributed by atoms with van der Waals surface area (Å²) >= 11 is 6.69. The van der Waals surface area contributed by atoms with Gasteiger partial charge >= 0.3 is 0 Å². The quantitative estimate of drug-likeness (QED) is 0.243. The van der Waals surface area contributed by atoms with Crippen LogP contribution in [0, 0.1) is 17.8 Å². The van der Waals surface area contributed by atoms with Crippen molar-refractivity contribution < 1.29 is 4.74 Å². The molecule has 0 aliphatic heterocycles. The second-order valence-corrected chi connectivity index (χ2v) is 11.7. The van der Waals surface area contributed by atoms with Crippen LogP contribution in [0.25, 0.3) is 0 Å². The van der Waals surface area contributed by atoms with Gasteiger partial charge in [-0.3, -0.25) is 0 Å². The van der Waals surface area contributed by atoms with Crippen LogP contribution in [0.2, 0.25) is 5.02 Å². The molecule has 0 heterocycles. The smallest absolute Gasteiger partial charge is 0.120 e. The highest BCUT2D eigenvalue weighted by atomic mass is 35.5. The molecule has 33 heavy (non-hydrogen) atoms. The van der Waals surface area contributed by atoms with Crippen molar-refractivity contribution in [1.29, 1.82) is 0 Å². The number of unbranched alkanes of at least 4 members (excludes halogenated alkanes) is 4. The Balaban J connectivity index is 1.28. The largest absolute Gasteiger partial charge is 0.494 e. The van der Waals surface area contributed by atoms with E-state index in [4.69, 9.17) is 16.3 Å². The summed E-state index contributed by atoms with van der Waals surface area (Å²) in [5, 5.41) is 0.916. The zero-order valence-corrected chi connectivity index (χ0v) is 22.5. The molecule has 0 radical (unpaired) electrons. The molecule has 0 N–H and O–H groups in total. The molecule has 2 saturated carbocycles. The molecule has 0 bridgehead atoms. The molecule has 0 saturated heterocycles. The van der Waals surface area contributed by atoms with Crippen LogP contribution < -0.4 is 4.74 Å². The van der Waals surface area contributed by atoms with Gasteiger partial charge in [0.15, 0.2) is 0 Å². The molecule has 3 rings (SSSR count). The zero-order valence-electron chi connectivity index (χ0n) is 21.8. The van der Waals surface area contributed by atoms with Crippen LogP contribution in [0.15, 0.2) is 18.2 Å². The average Bonchev–Trinajstić information content (AvgIpc) is 2.83. The van der Waals surface area contributed by atoms with Crippen LogP contribution in [0.1, 0.15) is 141 Å². The predicted molar refractivity (Wildman–Crippen MR) is 145 cm³/mol. The SMILES string of the molecule is CCCCCCC[C@H]1CC[C@H](CCCOc2ccc([C@H]3CC[C@H](CCC)CC3)c(Cl)c2)CC1. The summed E-state index contributed by atoms with van der Waals surface area (Å²) in [5.41, 5.74) is 1.35. The minimum atomic E-state index is 0.645. The lowest BCUT2D eigenvalue weighted by atomic mass is 9.77. The third kappa shape index (κ3) is 9.46. The van der Waals surface area contributed by atoms with E-state index in [0.717, 1.165) is 35.1 Å². The van der Waals surface area contributed by atoms with Crippen LogP contribution >= 0.6 is 11.6 Å². The molecule has 0 unspecified atom stereocenters. The topological polar surface area (TPSA) is 9.23 Å². The molecule has 1 aromatic carbocycles. The Morgan fingerprint density at radius 1 is 0.697 bits per heavy atom. The summed E-state index contributed by atoms with van der Waals surface area (Å²) in [4.78, 5) is 0. The number of ether oxygens (including phenoxy) is 1. The van der Waals surface area contributed by atoms with E-state index >= 15 is 0 Å². The van der Waals surface area contributed by atoms with Crippen molar-refractivity contribution in [3.05, 3.63) is 28.8 Å². The fourth-order valence-corrected chi connectivity index (χ4v) is 6.83. The summed E-state index contributed by atoms with van der Waals surface area (Å²) in [6.45, 7) is 5.44. The fraction of sp³-hybridized carbons (Fsp3) is 0.806. The normalized spacial score (nSPS) is 25.8. The Hall–Kier alpha value is -0.690. The van der Waals surface area contributed by atoms with E-state index in [1.807, 2.05) is 0 Å². The molecule has 2 aliphatic carbocycles. The van der Waals surface area contributed by atoms with E-state index in [9.17, 15) is 0 Å². The molecule has 1 nitrogen and oxygen atoms in total. The van der Waals surface area contributed by atoms with Crippen molar-refractivity contribution in [3.63, 3.8) is 0 Å². The molecule has 2 fully saturated rings. The van der Waals surface area contributed by atoms with Crippen LogP contribution in [0.3, 0.4) is 0 Å². The van der Waals surface area contributed by atoms with Gasteiger partial charge in [0.2, 0.25) is 0 Å². The van der Waals surface area contributed by atoms with Gasteiger partial charge in [0.05, 0.1) is 6.61 Å². The molecule has 0 atom stereocenters. The first-order valence-electron chi connectivity index (χ1n) is 14.6. The zero-order chi connectivity index (χ0) is 23.3. The molecule has 0 amide bonds. The van der Waals surface area contributed by atoms with Gasteiger partial charge in [-0.25, -0.2) is 0 Å². The molecule has 188 valence electrons. The first-order chi connectivity index (χ1) is 16.2. The maximum atomic E-state index is 6.69. The summed E-state index contributed by atoms with van der Waals surface area (Å²) in [6.07, 6.45) is 25.0. The monoisotopic (exact) mass is 474 g/mol. The van der Waals surface area contributed by atoms with Crippen molar-refractivity contribution in [2.75, 3.05) is 6.61 Å². The highest BCUT2D eigenvalue weighted by Gasteiger charge is 2.24. The Labute approximate surface area is 210 Å². The van der Waals surface area contributed by atoms with Gasteiger partial charge in [0.25, 0.3) is 0 Å². The van der Waals surface area contributed by atoms with Crippen LogP contribution in [-0.2, 0) is 0 Å². The third-order valence-electron chi connectivity index (χ3n) is 8.66. The Morgan fingerprint density at radius 3 is 1.94 bits per heavy atom. The standard InChI is InChI=1S/C31H51ClO/c1-3-5-6-7-8-11-26-13-15-27(16-14-26)12-9-23-33-29-21-22-30(31(32)24-29)28-19-17-25(10-4-2)18-20-28/h21-22,24-28H,3-20,23H2,1-2H3/t25-,26-,27-,28-. The third-order valence-corrected chi connectivity index (χ3v) is 8.99. The van der Waals surface area contributed by atoms with Crippen LogP contribution in [0.4, 0.5) is 0 Å². The minimum absolute atomic E-state index is 0.645. The van der Waals surface area contributed by atoms with Gasteiger partial charge in [-0.05, 0) is 79.9 Å². The van der Waals surface area contributed by atoms with E-state index < -0.39 is 0 Å². The van der Waals surface area contributed by atoms with Gasteiger partial charge in [0, 0.05) is 5.02 Å². The fourth-order valence-electron chi connectivity index (χ4n) is 6.51. The summed E-state index contributed by atoms with van der Waals surface area (Å²) in [7, 11) is 0. The first kappa shape index (κ1) is 26.9. The molecule has 2 heteroatoms. The summed E-state index contributed by atoms with van der Waals surface area (Å²) in [6, 6.07) is 6.47. The van der Waals surface area contributed by atoms with E-state index in [2.05, 4.69) is 32.0 Å². The lowest BCUT2D eigenvalue weighted by Crippen LogP contribution is -2.15. The minimum Gasteiger partial charge on any atom is -0.494 e. The molecular weight excluding hydrogens is 424 g/mol. The van der Waals surface area contributed by atoms with Crippen molar-refractivity contribution in [3.8, 4) is 5.75 Å². The second kappa shape index (κ2) is 15.3. The Morgan fingerprint density at radius 2 is 1.30 bits per heavy atom. The Kier molecular flexibility index (Phi) is 12.5. The van der Waals surface area contributed by atoms with E-state index in [-0.39, 0.29) is 0 Å². The van der Waals surface area contributed by atoms with Gasteiger partial charge in [-0.2, -0.15) is 0 Å². The Bertz CT molecular complexity index is 640. The number of halogens is 1. The van der Waals surface area contributed by atoms with Crippen molar-refractivity contribution >= 4 is 11.6 Å². The summed E-state index contributed by atoms with van der Waals surface area (Å²) in [5.74, 6) is 4.49. The van der Waals surface area contributed by atoms with Gasteiger partial charge in [0.1, 0.15) is 5.75 Å². The molecule has 2 aliphatic rings. The number of benzene rings is 1. The van der Waals surface area contributed by atoms with E-state index in [1.165, 1.54) is 121 Å². The maximum absolute atomic E-state index is 6.69. The molecule has 0 spiro atoms. The van der Waals surface area contributed by atoms with Gasteiger partial charge < -0.3 is 4.74 Å².